The maximum Gasteiger partial charge on any atom is 0.336 e. The van der Waals surface area contributed by atoms with Gasteiger partial charge in [-0.2, -0.15) is 0 Å². The summed E-state index contributed by atoms with van der Waals surface area (Å²) in [5.41, 5.74) is 1.30. The summed E-state index contributed by atoms with van der Waals surface area (Å²) < 4.78 is 4.85. The van der Waals surface area contributed by atoms with Gasteiger partial charge in [-0.25, -0.2) is 9.59 Å². The van der Waals surface area contributed by atoms with Gasteiger partial charge in [0.1, 0.15) is 5.76 Å². The predicted molar refractivity (Wildman–Crippen MR) is 62.1 cm³/mol. The van der Waals surface area contributed by atoms with Crippen LogP contribution in [0, 0.1) is 6.92 Å². The molecule has 0 aliphatic carbocycles. The van der Waals surface area contributed by atoms with Crippen LogP contribution < -0.4 is 5.63 Å². The van der Waals surface area contributed by atoms with Gasteiger partial charge >= 0.3 is 11.6 Å². The van der Waals surface area contributed by atoms with Crippen LogP contribution in [0.25, 0.3) is 11.1 Å². The van der Waals surface area contributed by atoms with E-state index in [1.807, 2.05) is 0 Å². The van der Waals surface area contributed by atoms with Gasteiger partial charge < -0.3 is 9.52 Å². The van der Waals surface area contributed by atoms with Crippen LogP contribution in [0.2, 0.25) is 0 Å². The van der Waals surface area contributed by atoms with Crippen LogP contribution >= 0.6 is 0 Å². The summed E-state index contributed by atoms with van der Waals surface area (Å²) in [6.07, 6.45) is 0. The molecule has 0 radical (unpaired) electrons. The highest BCUT2D eigenvalue weighted by atomic mass is 16.4. The number of rotatable bonds is 2. The molecule has 2 aromatic rings. The molecule has 0 fully saturated rings. The van der Waals surface area contributed by atoms with E-state index < -0.39 is 11.6 Å². The first-order chi connectivity index (χ1) is 8.06. The molecule has 0 aliphatic heterocycles. The quantitative estimate of drug-likeness (QED) is 0.859. The third-order valence-electron chi connectivity index (χ3n) is 2.36. The Morgan fingerprint density at radius 1 is 1.12 bits per heavy atom. The lowest BCUT2D eigenvalue weighted by molar-refractivity contribution is 0.0697. The molecule has 4 nitrogen and oxygen atoms in total. The third-order valence-corrected chi connectivity index (χ3v) is 2.36. The molecule has 0 bridgehead atoms. The second-order valence-corrected chi connectivity index (χ2v) is 3.66. The summed E-state index contributed by atoms with van der Waals surface area (Å²) in [7, 11) is 0. The standard InChI is InChI=1S/C13H10O4/c1-8-6-11(7-12(14)17-8)9-2-4-10(5-3-9)13(15)16/h2-7H,1H3,(H,15,16). The molecule has 86 valence electrons. The second-order valence-electron chi connectivity index (χ2n) is 3.66. The minimum Gasteiger partial charge on any atom is -0.478 e. The maximum atomic E-state index is 11.2. The van der Waals surface area contributed by atoms with E-state index in [9.17, 15) is 9.59 Å². The van der Waals surface area contributed by atoms with Gasteiger partial charge in [-0.05, 0) is 36.2 Å². The lowest BCUT2D eigenvalue weighted by Crippen LogP contribution is -1.99. The Hall–Kier alpha value is -2.36. The lowest BCUT2D eigenvalue weighted by atomic mass is 10.0. The second kappa shape index (κ2) is 4.25. The van der Waals surface area contributed by atoms with Crippen molar-refractivity contribution in [1.29, 1.82) is 0 Å². The Balaban J connectivity index is 2.46. The lowest BCUT2D eigenvalue weighted by Gasteiger charge is -2.02. The van der Waals surface area contributed by atoms with E-state index in [1.54, 1.807) is 25.1 Å². The van der Waals surface area contributed by atoms with E-state index in [-0.39, 0.29) is 5.56 Å². The number of hydrogen-bond donors (Lipinski definition) is 1. The van der Waals surface area contributed by atoms with Crippen molar-refractivity contribution in [2.45, 2.75) is 6.92 Å². The van der Waals surface area contributed by atoms with E-state index >= 15 is 0 Å². The van der Waals surface area contributed by atoms with Crippen molar-refractivity contribution in [3.05, 3.63) is 58.1 Å². The van der Waals surface area contributed by atoms with Gasteiger partial charge in [0, 0.05) is 6.07 Å². The fourth-order valence-corrected chi connectivity index (χ4v) is 1.58. The fourth-order valence-electron chi connectivity index (χ4n) is 1.58. The average Bonchev–Trinajstić information content (AvgIpc) is 2.28. The van der Waals surface area contributed by atoms with Gasteiger partial charge in [0.2, 0.25) is 0 Å². The number of benzene rings is 1. The molecule has 0 aliphatic rings. The zero-order chi connectivity index (χ0) is 12.4. The summed E-state index contributed by atoms with van der Waals surface area (Å²) in [6.45, 7) is 1.69. The van der Waals surface area contributed by atoms with E-state index in [1.165, 1.54) is 18.2 Å². The minimum atomic E-state index is -0.972. The summed E-state index contributed by atoms with van der Waals surface area (Å²) in [5.74, 6) is -0.449. The summed E-state index contributed by atoms with van der Waals surface area (Å²) in [4.78, 5) is 21.9. The molecule has 1 aromatic carbocycles. The Labute approximate surface area is 97.1 Å². The molecule has 0 atom stereocenters. The van der Waals surface area contributed by atoms with Crippen molar-refractivity contribution < 1.29 is 14.3 Å². The van der Waals surface area contributed by atoms with Crippen LogP contribution in [0.15, 0.2) is 45.6 Å². The number of hydrogen-bond acceptors (Lipinski definition) is 3. The topological polar surface area (TPSA) is 67.5 Å². The molecular weight excluding hydrogens is 220 g/mol. The summed E-state index contributed by atoms with van der Waals surface area (Å²) in [5, 5.41) is 8.77. The Kier molecular flexibility index (Phi) is 2.78. The van der Waals surface area contributed by atoms with Crippen LogP contribution in [0.4, 0.5) is 0 Å². The highest BCUT2D eigenvalue weighted by molar-refractivity contribution is 5.88. The van der Waals surface area contributed by atoms with Crippen LogP contribution in [0.3, 0.4) is 0 Å². The summed E-state index contributed by atoms with van der Waals surface area (Å²) >= 11 is 0. The van der Waals surface area contributed by atoms with Crippen molar-refractivity contribution in [2.24, 2.45) is 0 Å². The highest BCUT2D eigenvalue weighted by Crippen LogP contribution is 2.19. The van der Waals surface area contributed by atoms with Gasteiger partial charge in [-0.3, -0.25) is 0 Å². The van der Waals surface area contributed by atoms with Crippen LogP contribution in [-0.2, 0) is 0 Å². The molecule has 0 saturated carbocycles. The van der Waals surface area contributed by atoms with Crippen molar-refractivity contribution in [3.8, 4) is 11.1 Å². The average molecular weight is 230 g/mol. The number of carboxylic acid groups (broad SMARTS) is 1. The molecule has 0 unspecified atom stereocenters. The van der Waals surface area contributed by atoms with Gasteiger partial charge in [-0.1, -0.05) is 12.1 Å². The highest BCUT2D eigenvalue weighted by Gasteiger charge is 2.04. The molecule has 2 rings (SSSR count). The fraction of sp³-hybridized carbons (Fsp3) is 0.0769. The van der Waals surface area contributed by atoms with Crippen molar-refractivity contribution in [1.82, 2.24) is 0 Å². The molecule has 17 heavy (non-hydrogen) atoms. The molecule has 0 spiro atoms. The molecule has 0 saturated heterocycles. The number of carboxylic acids is 1. The molecule has 4 heteroatoms. The normalized spacial score (nSPS) is 10.2. The zero-order valence-corrected chi connectivity index (χ0v) is 9.14. The Morgan fingerprint density at radius 3 is 2.29 bits per heavy atom. The molecule has 1 heterocycles. The van der Waals surface area contributed by atoms with Crippen molar-refractivity contribution in [2.75, 3.05) is 0 Å². The predicted octanol–water partition coefficient (Wildman–Crippen LogP) is 2.31. The largest absolute Gasteiger partial charge is 0.478 e. The van der Waals surface area contributed by atoms with E-state index in [2.05, 4.69) is 0 Å². The first-order valence-corrected chi connectivity index (χ1v) is 5.02. The molecule has 1 N–H and O–H groups in total. The third kappa shape index (κ3) is 2.42. The van der Waals surface area contributed by atoms with Crippen LogP contribution in [0.5, 0.6) is 0 Å². The number of aromatic carboxylic acids is 1. The first kappa shape index (κ1) is 11.1. The maximum absolute atomic E-state index is 11.2. The molecular formula is C13H10O4. The Morgan fingerprint density at radius 2 is 1.76 bits per heavy atom. The Bertz CT molecular complexity index is 608. The van der Waals surface area contributed by atoms with Crippen molar-refractivity contribution in [3.63, 3.8) is 0 Å². The number of carbonyl (C=O) groups is 1. The van der Waals surface area contributed by atoms with E-state index in [4.69, 9.17) is 9.52 Å². The monoisotopic (exact) mass is 230 g/mol. The van der Waals surface area contributed by atoms with Crippen LogP contribution in [-0.4, -0.2) is 11.1 Å². The molecule has 1 aromatic heterocycles. The summed E-state index contributed by atoms with van der Waals surface area (Å²) in [6, 6.07) is 9.44. The van der Waals surface area contributed by atoms with Crippen molar-refractivity contribution >= 4 is 5.97 Å². The first-order valence-electron chi connectivity index (χ1n) is 5.02. The van der Waals surface area contributed by atoms with E-state index in [0.717, 1.165) is 11.1 Å². The smallest absolute Gasteiger partial charge is 0.336 e. The zero-order valence-electron chi connectivity index (χ0n) is 9.14. The number of aryl methyl sites for hydroxylation is 1. The van der Waals surface area contributed by atoms with Gasteiger partial charge in [0.05, 0.1) is 5.56 Å². The van der Waals surface area contributed by atoms with E-state index in [0.29, 0.717) is 5.76 Å². The minimum absolute atomic E-state index is 0.216. The SMILES string of the molecule is Cc1cc(-c2ccc(C(=O)O)cc2)cc(=O)o1. The van der Waals surface area contributed by atoms with Crippen LogP contribution in [0.1, 0.15) is 16.1 Å². The van der Waals surface area contributed by atoms with Gasteiger partial charge in [-0.15, -0.1) is 0 Å². The van der Waals surface area contributed by atoms with Gasteiger partial charge in [0.15, 0.2) is 0 Å². The van der Waals surface area contributed by atoms with Gasteiger partial charge in [0.25, 0.3) is 0 Å². The molecule has 0 amide bonds.